The van der Waals surface area contributed by atoms with E-state index in [9.17, 15) is 0 Å². The van der Waals surface area contributed by atoms with Gasteiger partial charge in [0.1, 0.15) is 11.5 Å². The Morgan fingerprint density at radius 3 is 3.00 bits per heavy atom. The Balaban J connectivity index is 1.79. The fourth-order valence-electron chi connectivity index (χ4n) is 2.52. The number of nitrogens with zero attached hydrogens (tertiary/aromatic N) is 5. The Morgan fingerprint density at radius 1 is 1.42 bits per heavy atom. The first-order valence-corrected chi connectivity index (χ1v) is 6.71. The predicted octanol–water partition coefficient (Wildman–Crippen LogP) is 1.73. The standard InChI is InChI=1S/C13H16ClN5/c1-9-11(13(14)18(2)17-9)6-19-4-3-10-5-15-8-16-12(10)7-19/h5,8H,3-4,6-7H2,1-2H3. The van der Waals surface area contributed by atoms with Crippen LogP contribution in [0.1, 0.15) is 22.5 Å². The van der Waals surface area contributed by atoms with Gasteiger partial charge in [-0.15, -0.1) is 0 Å². The normalized spacial score (nSPS) is 15.5. The van der Waals surface area contributed by atoms with Crippen LogP contribution in [0.15, 0.2) is 12.5 Å². The third kappa shape index (κ3) is 2.35. The molecule has 19 heavy (non-hydrogen) atoms. The van der Waals surface area contributed by atoms with Crippen molar-refractivity contribution in [2.75, 3.05) is 6.54 Å². The molecule has 2 aromatic heterocycles. The Labute approximate surface area is 117 Å². The number of fused-ring (bicyclic) bond motifs is 1. The molecule has 5 nitrogen and oxygen atoms in total. The highest BCUT2D eigenvalue weighted by Crippen LogP contribution is 2.23. The first kappa shape index (κ1) is 12.6. The van der Waals surface area contributed by atoms with Crippen LogP contribution in [0.3, 0.4) is 0 Å². The number of halogens is 1. The maximum Gasteiger partial charge on any atom is 0.131 e. The van der Waals surface area contributed by atoms with Crippen molar-refractivity contribution in [1.82, 2.24) is 24.6 Å². The Morgan fingerprint density at radius 2 is 2.26 bits per heavy atom. The zero-order chi connectivity index (χ0) is 13.4. The molecule has 1 aliphatic heterocycles. The zero-order valence-corrected chi connectivity index (χ0v) is 11.9. The molecule has 0 amide bonds. The second-order valence-electron chi connectivity index (χ2n) is 4.93. The number of aromatic nitrogens is 4. The molecule has 1 aliphatic rings. The highest BCUT2D eigenvalue weighted by molar-refractivity contribution is 6.30. The lowest BCUT2D eigenvalue weighted by molar-refractivity contribution is 0.240. The van der Waals surface area contributed by atoms with Crippen LogP contribution < -0.4 is 0 Å². The molecule has 100 valence electrons. The van der Waals surface area contributed by atoms with Crippen molar-refractivity contribution in [3.05, 3.63) is 40.2 Å². The highest BCUT2D eigenvalue weighted by Gasteiger charge is 2.20. The Kier molecular flexibility index (Phi) is 3.24. The minimum Gasteiger partial charge on any atom is -0.293 e. The molecule has 0 aliphatic carbocycles. The van der Waals surface area contributed by atoms with Gasteiger partial charge in [-0.1, -0.05) is 11.6 Å². The molecule has 3 heterocycles. The lowest BCUT2D eigenvalue weighted by Gasteiger charge is -2.27. The summed E-state index contributed by atoms with van der Waals surface area (Å²) in [5.74, 6) is 0. The Bertz CT molecular complexity index is 607. The largest absolute Gasteiger partial charge is 0.293 e. The van der Waals surface area contributed by atoms with Crippen LogP contribution >= 0.6 is 11.6 Å². The first-order chi connectivity index (χ1) is 9.15. The summed E-state index contributed by atoms with van der Waals surface area (Å²) >= 11 is 6.28. The van der Waals surface area contributed by atoms with Gasteiger partial charge in [0.05, 0.1) is 11.4 Å². The fraction of sp³-hybridized carbons (Fsp3) is 0.462. The van der Waals surface area contributed by atoms with Crippen LogP contribution in [0.4, 0.5) is 0 Å². The van der Waals surface area contributed by atoms with E-state index in [1.54, 1.807) is 11.0 Å². The third-order valence-corrected chi connectivity index (χ3v) is 4.08. The molecule has 0 fully saturated rings. The van der Waals surface area contributed by atoms with Gasteiger partial charge in [0.2, 0.25) is 0 Å². The monoisotopic (exact) mass is 277 g/mol. The molecule has 0 saturated heterocycles. The van der Waals surface area contributed by atoms with Crippen LogP contribution in [0.2, 0.25) is 5.15 Å². The molecule has 0 unspecified atom stereocenters. The molecule has 0 bridgehead atoms. The second kappa shape index (κ2) is 4.90. The highest BCUT2D eigenvalue weighted by atomic mass is 35.5. The van der Waals surface area contributed by atoms with E-state index >= 15 is 0 Å². The minimum atomic E-state index is 0.728. The Hall–Kier alpha value is -1.46. The third-order valence-electron chi connectivity index (χ3n) is 3.60. The summed E-state index contributed by atoms with van der Waals surface area (Å²) in [7, 11) is 1.87. The average Bonchev–Trinajstić information content (AvgIpc) is 2.65. The molecule has 6 heteroatoms. The van der Waals surface area contributed by atoms with Crippen LogP contribution in [0.25, 0.3) is 0 Å². The van der Waals surface area contributed by atoms with Crippen molar-refractivity contribution >= 4 is 11.6 Å². The minimum absolute atomic E-state index is 0.728. The molecule has 0 spiro atoms. The summed E-state index contributed by atoms with van der Waals surface area (Å²) in [4.78, 5) is 10.8. The quantitative estimate of drug-likeness (QED) is 0.839. The number of hydrogen-bond acceptors (Lipinski definition) is 4. The van der Waals surface area contributed by atoms with E-state index < -0.39 is 0 Å². The number of hydrogen-bond donors (Lipinski definition) is 0. The summed E-state index contributed by atoms with van der Waals surface area (Å²) < 4.78 is 1.73. The van der Waals surface area contributed by atoms with Crippen molar-refractivity contribution in [3.8, 4) is 0 Å². The predicted molar refractivity (Wildman–Crippen MR) is 72.8 cm³/mol. The van der Waals surface area contributed by atoms with Crippen LogP contribution in [-0.4, -0.2) is 31.2 Å². The van der Waals surface area contributed by atoms with Gasteiger partial charge in [0, 0.05) is 38.4 Å². The van der Waals surface area contributed by atoms with Gasteiger partial charge >= 0.3 is 0 Å². The lowest BCUT2D eigenvalue weighted by Crippen LogP contribution is -2.31. The van der Waals surface area contributed by atoms with Crippen LogP contribution in [0, 0.1) is 6.92 Å². The van der Waals surface area contributed by atoms with Gasteiger partial charge in [-0.05, 0) is 18.9 Å². The summed E-state index contributed by atoms with van der Waals surface area (Å²) in [5, 5.41) is 5.08. The van der Waals surface area contributed by atoms with E-state index in [1.807, 2.05) is 20.2 Å². The molecule has 0 radical (unpaired) electrons. The van der Waals surface area contributed by atoms with Crippen LogP contribution in [0.5, 0.6) is 0 Å². The summed E-state index contributed by atoms with van der Waals surface area (Å²) in [6.07, 6.45) is 4.53. The molecular formula is C13H16ClN5. The molecule has 0 N–H and O–H groups in total. The summed E-state index contributed by atoms with van der Waals surface area (Å²) in [6.45, 7) is 4.68. The number of rotatable bonds is 2. The van der Waals surface area contributed by atoms with Crippen molar-refractivity contribution in [2.45, 2.75) is 26.4 Å². The molecule has 0 saturated carbocycles. The molecular weight excluding hydrogens is 262 g/mol. The van der Waals surface area contributed by atoms with Crippen LogP contribution in [-0.2, 0) is 26.6 Å². The van der Waals surface area contributed by atoms with Gasteiger partial charge in [0.25, 0.3) is 0 Å². The second-order valence-corrected chi connectivity index (χ2v) is 5.29. The first-order valence-electron chi connectivity index (χ1n) is 6.33. The molecule has 2 aromatic rings. The van der Waals surface area contributed by atoms with Gasteiger partial charge in [0.15, 0.2) is 0 Å². The molecule has 0 atom stereocenters. The smallest absolute Gasteiger partial charge is 0.131 e. The number of aryl methyl sites for hydroxylation is 2. The van der Waals surface area contributed by atoms with Crippen molar-refractivity contribution < 1.29 is 0 Å². The fourth-order valence-corrected chi connectivity index (χ4v) is 2.75. The van der Waals surface area contributed by atoms with Gasteiger partial charge < -0.3 is 0 Å². The molecule has 0 aromatic carbocycles. The van der Waals surface area contributed by atoms with Gasteiger partial charge in [-0.3, -0.25) is 9.58 Å². The maximum atomic E-state index is 6.28. The zero-order valence-electron chi connectivity index (χ0n) is 11.1. The van der Waals surface area contributed by atoms with E-state index in [1.165, 1.54) is 5.56 Å². The van der Waals surface area contributed by atoms with E-state index in [-0.39, 0.29) is 0 Å². The van der Waals surface area contributed by atoms with Gasteiger partial charge in [-0.2, -0.15) is 5.10 Å². The van der Waals surface area contributed by atoms with Crippen molar-refractivity contribution in [1.29, 1.82) is 0 Å². The van der Waals surface area contributed by atoms with E-state index in [0.29, 0.717) is 0 Å². The molecule has 3 rings (SSSR count). The van der Waals surface area contributed by atoms with E-state index in [4.69, 9.17) is 11.6 Å². The SMILES string of the molecule is Cc1nn(C)c(Cl)c1CN1CCc2cncnc2C1. The summed E-state index contributed by atoms with van der Waals surface area (Å²) in [6, 6.07) is 0. The van der Waals surface area contributed by atoms with Crippen molar-refractivity contribution in [3.63, 3.8) is 0 Å². The van der Waals surface area contributed by atoms with Gasteiger partial charge in [-0.25, -0.2) is 9.97 Å². The van der Waals surface area contributed by atoms with Crippen molar-refractivity contribution in [2.24, 2.45) is 7.05 Å². The average molecular weight is 278 g/mol. The lowest BCUT2D eigenvalue weighted by atomic mass is 10.1. The topological polar surface area (TPSA) is 46.8 Å². The van der Waals surface area contributed by atoms with E-state index in [2.05, 4.69) is 20.0 Å². The maximum absolute atomic E-state index is 6.28. The van der Waals surface area contributed by atoms with E-state index in [0.717, 1.165) is 48.2 Å². The summed E-state index contributed by atoms with van der Waals surface area (Å²) in [5.41, 5.74) is 4.49.